The zero-order valence-corrected chi connectivity index (χ0v) is 24.1. The zero-order chi connectivity index (χ0) is 28.0. The van der Waals surface area contributed by atoms with Gasteiger partial charge in [0.1, 0.15) is 23.4 Å². The van der Waals surface area contributed by atoms with Crippen LogP contribution in [0.3, 0.4) is 0 Å². The number of thiazole rings is 1. The van der Waals surface area contributed by atoms with Crippen molar-refractivity contribution in [1.82, 2.24) is 4.98 Å². The van der Waals surface area contributed by atoms with E-state index in [9.17, 15) is 17.8 Å². The van der Waals surface area contributed by atoms with Crippen LogP contribution in [0.5, 0.6) is 17.2 Å². The number of benzene rings is 2. The van der Waals surface area contributed by atoms with Gasteiger partial charge in [-0.05, 0) is 49.7 Å². The predicted molar refractivity (Wildman–Crippen MR) is 146 cm³/mol. The fourth-order valence-electron chi connectivity index (χ4n) is 3.62. The molecule has 1 aliphatic rings. The van der Waals surface area contributed by atoms with Crippen LogP contribution >= 0.6 is 18.9 Å². The Morgan fingerprint density at radius 2 is 1.82 bits per heavy atom. The summed E-state index contributed by atoms with van der Waals surface area (Å²) >= 11 is 1.19. The Balaban J connectivity index is 1.52. The number of nitrogens with one attached hydrogen (secondary N) is 1. The fourth-order valence-corrected chi connectivity index (χ4v) is 6.71. The lowest BCUT2D eigenvalue weighted by molar-refractivity contribution is 0.0916. The van der Waals surface area contributed by atoms with Gasteiger partial charge in [-0.1, -0.05) is 0 Å². The topological polar surface area (TPSA) is 139 Å². The summed E-state index contributed by atoms with van der Waals surface area (Å²) in [6, 6.07) is 10.7. The van der Waals surface area contributed by atoms with E-state index in [1.807, 2.05) is 6.92 Å². The van der Waals surface area contributed by atoms with E-state index >= 15 is 0 Å². The van der Waals surface area contributed by atoms with Crippen molar-refractivity contribution in [3.8, 4) is 17.2 Å². The van der Waals surface area contributed by atoms with Gasteiger partial charge in [-0.25, -0.2) is 13.4 Å². The number of ether oxygens (including phenoxy) is 3. The molecule has 1 aliphatic heterocycles. The lowest BCUT2D eigenvalue weighted by Gasteiger charge is -2.21. The molecule has 0 saturated carbocycles. The maximum absolute atomic E-state index is 13.1. The van der Waals surface area contributed by atoms with Gasteiger partial charge >= 0.3 is 7.60 Å². The van der Waals surface area contributed by atoms with Gasteiger partial charge in [0.25, 0.3) is 5.91 Å². The third kappa shape index (κ3) is 8.34. The van der Waals surface area contributed by atoms with Crippen LogP contribution in [0.25, 0.3) is 0 Å². The number of hydrogen-bond donors (Lipinski definition) is 1. The van der Waals surface area contributed by atoms with Crippen LogP contribution in [0.1, 0.15) is 29.4 Å². The van der Waals surface area contributed by atoms with E-state index < -0.39 is 23.3 Å². The monoisotopic (exact) mass is 596 g/mol. The number of sulfone groups is 1. The Hall–Kier alpha value is -2.80. The van der Waals surface area contributed by atoms with E-state index in [1.54, 1.807) is 24.6 Å². The molecule has 14 heteroatoms. The minimum Gasteiger partial charge on any atom is -0.488 e. The highest BCUT2D eigenvalue weighted by molar-refractivity contribution is 7.90. The molecule has 0 spiro atoms. The largest absolute Gasteiger partial charge is 0.488 e. The molecule has 0 aliphatic carbocycles. The highest BCUT2D eigenvalue weighted by Gasteiger charge is 2.29. The summed E-state index contributed by atoms with van der Waals surface area (Å²) in [5, 5.41) is 4.75. The lowest BCUT2D eigenvalue weighted by atomic mass is 10.2. The van der Waals surface area contributed by atoms with Crippen LogP contribution in [-0.4, -0.2) is 58.6 Å². The molecule has 3 aromatic rings. The SMILES string of the molecule is COC[C@H](C)Oc1cc(Oc2ccc(S(C)(=O)=O)cc2)cc(C(=O)Nc2nc(CP3(=O)OCCCO3)cs2)c1. The zero-order valence-electron chi connectivity index (χ0n) is 21.6. The predicted octanol–water partition coefficient (Wildman–Crippen LogP) is 5.13. The van der Waals surface area contributed by atoms with Gasteiger partial charge in [0.15, 0.2) is 15.0 Å². The molecule has 1 atom stereocenters. The number of carbonyl (C=O) groups is 1. The first kappa shape index (κ1) is 29.2. The number of hydrogen-bond acceptors (Lipinski definition) is 11. The second kappa shape index (κ2) is 12.6. The Labute approximate surface area is 230 Å². The normalized spacial score (nSPS) is 15.9. The molecule has 0 radical (unpaired) electrons. The van der Waals surface area contributed by atoms with Crippen molar-refractivity contribution in [2.45, 2.75) is 30.5 Å². The molecule has 0 unspecified atom stereocenters. The first-order valence-electron chi connectivity index (χ1n) is 12.0. The average Bonchev–Trinajstić information content (AvgIpc) is 3.30. The maximum Gasteiger partial charge on any atom is 0.336 e. The van der Waals surface area contributed by atoms with Crippen LogP contribution < -0.4 is 14.8 Å². The molecule has 1 amide bonds. The third-order valence-corrected chi connectivity index (χ3v) is 9.16. The molecular formula is C25H29N2O9PS2. The molecule has 4 rings (SSSR count). The van der Waals surface area contributed by atoms with E-state index in [1.165, 1.54) is 41.7 Å². The molecule has 1 saturated heterocycles. The van der Waals surface area contributed by atoms with Crippen molar-refractivity contribution in [3.63, 3.8) is 0 Å². The minimum atomic E-state index is -3.35. The van der Waals surface area contributed by atoms with Crippen LogP contribution in [-0.2, 0) is 34.3 Å². The van der Waals surface area contributed by atoms with Crippen LogP contribution in [0.15, 0.2) is 52.7 Å². The number of anilines is 1. The molecule has 1 fully saturated rings. The van der Waals surface area contributed by atoms with Crippen molar-refractivity contribution >= 4 is 39.8 Å². The van der Waals surface area contributed by atoms with Crippen molar-refractivity contribution in [3.05, 3.63) is 59.1 Å². The Morgan fingerprint density at radius 1 is 1.13 bits per heavy atom. The van der Waals surface area contributed by atoms with Crippen LogP contribution in [0.4, 0.5) is 5.13 Å². The summed E-state index contributed by atoms with van der Waals surface area (Å²) in [7, 11) is -5.03. The molecule has 1 aromatic heterocycles. The molecule has 0 bridgehead atoms. The summed E-state index contributed by atoms with van der Waals surface area (Å²) < 4.78 is 63.7. The molecule has 1 N–H and O–H groups in total. The molecule has 210 valence electrons. The van der Waals surface area contributed by atoms with Gasteiger partial charge in [0.05, 0.1) is 36.6 Å². The number of aromatic nitrogens is 1. The Kier molecular flexibility index (Phi) is 9.42. The maximum atomic E-state index is 13.1. The van der Waals surface area contributed by atoms with E-state index in [2.05, 4.69) is 10.3 Å². The summed E-state index contributed by atoms with van der Waals surface area (Å²) in [6.07, 6.45) is 1.53. The molecule has 2 aromatic carbocycles. The summed E-state index contributed by atoms with van der Waals surface area (Å²) in [4.78, 5) is 17.7. The minimum absolute atomic E-state index is 0.0240. The Morgan fingerprint density at radius 3 is 2.49 bits per heavy atom. The van der Waals surface area contributed by atoms with Crippen molar-refractivity contribution < 1.29 is 41.0 Å². The van der Waals surface area contributed by atoms with Crippen LogP contribution in [0, 0.1) is 0 Å². The molecule has 39 heavy (non-hydrogen) atoms. The number of carbonyl (C=O) groups excluding carboxylic acids is 1. The first-order chi connectivity index (χ1) is 18.5. The van der Waals surface area contributed by atoms with Crippen molar-refractivity contribution in [1.29, 1.82) is 0 Å². The highest BCUT2D eigenvalue weighted by Crippen LogP contribution is 2.53. The average molecular weight is 597 g/mol. The number of nitrogens with zero attached hydrogens (tertiary/aromatic N) is 1. The van der Waals surface area contributed by atoms with Crippen molar-refractivity contribution in [2.24, 2.45) is 0 Å². The van der Waals surface area contributed by atoms with E-state index in [0.29, 0.717) is 54.3 Å². The third-order valence-electron chi connectivity index (χ3n) is 5.36. The Bertz CT molecular complexity index is 1450. The van der Waals surface area contributed by atoms with Gasteiger partial charge in [0.2, 0.25) is 0 Å². The van der Waals surface area contributed by atoms with Gasteiger partial charge < -0.3 is 23.3 Å². The second-order valence-electron chi connectivity index (χ2n) is 8.81. The van der Waals surface area contributed by atoms with E-state index in [4.69, 9.17) is 23.3 Å². The molecular weight excluding hydrogens is 567 g/mol. The second-order valence-corrected chi connectivity index (χ2v) is 13.7. The fraction of sp³-hybridized carbons (Fsp3) is 0.360. The smallest absolute Gasteiger partial charge is 0.336 e. The standard InChI is InChI=1S/C25H29N2O9PS2/c1-17(14-32-2)35-21-11-18(12-22(13-21)36-20-5-7-23(8-6-20)39(3,30)31)24(28)27-25-26-19(16-38-25)15-37(29)33-9-4-10-34-37/h5-8,11-13,16-17H,4,9-10,14-15H2,1-3H3,(H,26,27,28)/t17-/m0/s1. The summed E-state index contributed by atoms with van der Waals surface area (Å²) in [5.74, 6) is 0.593. The van der Waals surface area contributed by atoms with Crippen LogP contribution in [0.2, 0.25) is 0 Å². The number of rotatable bonds is 11. The highest BCUT2D eigenvalue weighted by atomic mass is 32.2. The van der Waals surface area contributed by atoms with Gasteiger partial charge in [-0.15, -0.1) is 11.3 Å². The number of methoxy groups -OCH3 is 1. The van der Waals surface area contributed by atoms with E-state index in [-0.39, 0.29) is 22.7 Å². The van der Waals surface area contributed by atoms with Gasteiger partial charge in [-0.3, -0.25) is 14.7 Å². The summed E-state index contributed by atoms with van der Waals surface area (Å²) in [6.45, 7) is 2.90. The van der Waals surface area contributed by atoms with Gasteiger partial charge in [-0.2, -0.15) is 0 Å². The summed E-state index contributed by atoms with van der Waals surface area (Å²) in [5.41, 5.74) is 0.732. The molecule has 11 nitrogen and oxygen atoms in total. The first-order valence-corrected chi connectivity index (χ1v) is 16.5. The van der Waals surface area contributed by atoms with Crippen molar-refractivity contribution in [2.75, 3.05) is 38.5 Å². The lowest BCUT2D eigenvalue weighted by Crippen LogP contribution is -2.18. The number of amides is 1. The van der Waals surface area contributed by atoms with E-state index in [0.717, 1.165) is 6.26 Å². The quantitative estimate of drug-likeness (QED) is 0.296. The van der Waals surface area contributed by atoms with Gasteiger partial charge in [0, 0.05) is 30.4 Å². The molecule has 2 heterocycles.